The van der Waals surface area contributed by atoms with E-state index in [4.69, 9.17) is 21.1 Å². The maximum Gasteiger partial charge on any atom is 0.338 e. The van der Waals surface area contributed by atoms with E-state index < -0.39 is 5.97 Å². The van der Waals surface area contributed by atoms with Crippen LogP contribution in [0.1, 0.15) is 22.8 Å². The summed E-state index contributed by atoms with van der Waals surface area (Å²) in [4.78, 5) is 23.6. The molecule has 2 aromatic rings. The molecule has 0 aliphatic rings. The van der Waals surface area contributed by atoms with Crippen LogP contribution in [0.4, 0.5) is 0 Å². The highest BCUT2D eigenvalue weighted by Crippen LogP contribution is 2.13. The van der Waals surface area contributed by atoms with Gasteiger partial charge < -0.3 is 14.8 Å². The molecular formula is C18H18ClNO4. The lowest BCUT2D eigenvalue weighted by Crippen LogP contribution is -2.28. The van der Waals surface area contributed by atoms with Crippen molar-refractivity contribution in [1.29, 1.82) is 0 Å². The van der Waals surface area contributed by atoms with Crippen LogP contribution in [-0.2, 0) is 16.1 Å². The van der Waals surface area contributed by atoms with Crippen molar-refractivity contribution in [3.05, 3.63) is 64.7 Å². The van der Waals surface area contributed by atoms with E-state index in [1.54, 1.807) is 42.5 Å². The van der Waals surface area contributed by atoms with Crippen molar-refractivity contribution in [1.82, 2.24) is 5.32 Å². The summed E-state index contributed by atoms with van der Waals surface area (Å²) in [5.74, 6) is -0.265. The molecule has 0 aromatic heterocycles. The molecule has 2 aromatic carbocycles. The summed E-state index contributed by atoms with van der Waals surface area (Å²) in [7, 11) is 0. The molecule has 0 heterocycles. The van der Waals surface area contributed by atoms with Gasteiger partial charge in [0.05, 0.1) is 12.2 Å². The van der Waals surface area contributed by atoms with E-state index in [0.717, 1.165) is 5.56 Å². The smallest absolute Gasteiger partial charge is 0.338 e. The van der Waals surface area contributed by atoms with Gasteiger partial charge in [-0.1, -0.05) is 23.7 Å². The van der Waals surface area contributed by atoms with Crippen LogP contribution in [0.15, 0.2) is 48.5 Å². The molecule has 5 nitrogen and oxygen atoms in total. The third-order valence-corrected chi connectivity index (χ3v) is 3.35. The molecule has 24 heavy (non-hydrogen) atoms. The molecule has 0 radical (unpaired) electrons. The van der Waals surface area contributed by atoms with Crippen LogP contribution in [0.5, 0.6) is 5.75 Å². The van der Waals surface area contributed by atoms with Crippen LogP contribution in [0.3, 0.4) is 0 Å². The molecule has 0 saturated heterocycles. The number of carbonyl (C=O) groups is 2. The minimum absolute atomic E-state index is 0.319. The van der Waals surface area contributed by atoms with Crippen LogP contribution in [0.25, 0.3) is 0 Å². The van der Waals surface area contributed by atoms with Crippen molar-refractivity contribution in [2.45, 2.75) is 13.5 Å². The summed E-state index contributed by atoms with van der Waals surface area (Å²) >= 11 is 5.87. The predicted octanol–water partition coefficient (Wildman–Crippen LogP) is 3.21. The van der Waals surface area contributed by atoms with Gasteiger partial charge in [0, 0.05) is 11.6 Å². The van der Waals surface area contributed by atoms with E-state index in [9.17, 15) is 9.59 Å². The van der Waals surface area contributed by atoms with Gasteiger partial charge >= 0.3 is 5.97 Å². The van der Waals surface area contributed by atoms with Gasteiger partial charge in [-0.2, -0.15) is 0 Å². The summed E-state index contributed by atoms with van der Waals surface area (Å²) in [5, 5.41) is 3.26. The zero-order chi connectivity index (χ0) is 17.4. The van der Waals surface area contributed by atoms with Crippen molar-refractivity contribution in [3.63, 3.8) is 0 Å². The van der Waals surface area contributed by atoms with Crippen LogP contribution in [0, 0.1) is 0 Å². The number of hydrogen-bond acceptors (Lipinski definition) is 4. The fourth-order valence-electron chi connectivity index (χ4n) is 1.97. The quantitative estimate of drug-likeness (QED) is 0.781. The van der Waals surface area contributed by atoms with Gasteiger partial charge in [-0.3, -0.25) is 4.79 Å². The number of amides is 1. The minimum atomic E-state index is -0.559. The van der Waals surface area contributed by atoms with Crippen molar-refractivity contribution in [3.8, 4) is 5.75 Å². The molecule has 126 valence electrons. The summed E-state index contributed by atoms with van der Waals surface area (Å²) in [6.45, 7) is 2.41. The van der Waals surface area contributed by atoms with Gasteiger partial charge in [0.1, 0.15) is 5.75 Å². The van der Waals surface area contributed by atoms with Gasteiger partial charge in [-0.05, 0) is 48.9 Å². The van der Waals surface area contributed by atoms with Crippen LogP contribution in [0.2, 0.25) is 5.02 Å². The summed E-state index contributed by atoms with van der Waals surface area (Å²) < 4.78 is 10.3. The maximum absolute atomic E-state index is 11.9. The molecule has 0 spiro atoms. The SMILES string of the molecule is CCOc1ccc(C(=O)OCC(=O)NCc2cccc(Cl)c2)cc1. The van der Waals surface area contributed by atoms with Crippen molar-refractivity contribution < 1.29 is 19.1 Å². The molecule has 0 atom stereocenters. The summed E-state index contributed by atoms with van der Waals surface area (Å²) in [5.41, 5.74) is 1.23. The fourth-order valence-corrected chi connectivity index (χ4v) is 2.18. The second kappa shape index (κ2) is 8.93. The first-order valence-corrected chi connectivity index (χ1v) is 7.87. The fraction of sp³-hybridized carbons (Fsp3) is 0.222. The van der Waals surface area contributed by atoms with Gasteiger partial charge in [-0.15, -0.1) is 0 Å². The van der Waals surface area contributed by atoms with Crippen molar-refractivity contribution in [2.24, 2.45) is 0 Å². The van der Waals surface area contributed by atoms with E-state index in [0.29, 0.717) is 29.5 Å². The number of ether oxygens (including phenoxy) is 2. The molecule has 1 N–H and O–H groups in total. The third-order valence-electron chi connectivity index (χ3n) is 3.11. The lowest BCUT2D eigenvalue weighted by atomic mass is 10.2. The van der Waals surface area contributed by atoms with Crippen molar-refractivity contribution >= 4 is 23.5 Å². The molecule has 1 amide bonds. The molecule has 0 unspecified atom stereocenters. The first-order chi connectivity index (χ1) is 11.6. The highest BCUT2D eigenvalue weighted by molar-refractivity contribution is 6.30. The van der Waals surface area contributed by atoms with Gasteiger partial charge in [0.2, 0.25) is 0 Å². The van der Waals surface area contributed by atoms with Gasteiger partial charge in [-0.25, -0.2) is 4.79 Å². The molecular weight excluding hydrogens is 330 g/mol. The standard InChI is InChI=1S/C18H18ClNO4/c1-2-23-16-8-6-14(7-9-16)18(22)24-12-17(21)20-11-13-4-3-5-15(19)10-13/h3-10H,2,11-12H2,1H3,(H,20,21). The number of esters is 1. The summed E-state index contributed by atoms with van der Waals surface area (Å²) in [6.07, 6.45) is 0. The number of nitrogens with one attached hydrogen (secondary N) is 1. The van der Waals surface area contributed by atoms with E-state index in [2.05, 4.69) is 5.32 Å². The Bertz CT molecular complexity index is 700. The number of hydrogen-bond donors (Lipinski definition) is 1. The van der Waals surface area contributed by atoms with E-state index in [1.165, 1.54) is 0 Å². The lowest BCUT2D eigenvalue weighted by molar-refractivity contribution is -0.124. The van der Waals surface area contributed by atoms with Crippen LogP contribution >= 0.6 is 11.6 Å². The predicted molar refractivity (Wildman–Crippen MR) is 91.2 cm³/mol. The second-order valence-electron chi connectivity index (χ2n) is 4.94. The molecule has 0 fully saturated rings. The zero-order valence-electron chi connectivity index (χ0n) is 13.3. The number of rotatable bonds is 7. The molecule has 0 saturated carbocycles. The Kier molecular flexibility index (Phi) is 6.63. The van der Waals surface area contributed by atoms with E-state index in [-0.39, 0.29) is 12.5 Å². The number of benzene rings is 2. The lowest BCUT2D eigenvalue weighted by Gasteiger charge is -2.08. The zero-order valence-corrected chi connectivity index (χ0v) is 14.0. The van der Waals surface area contributed by atoms with Crippen LogP contribution < -0.4 is 10.1 Å². The first kappa shape index (κ1) is 17.8. The Balaban J connectivity index is 1.77. The molecule has 0 bridgehead atoms. The third kappa shape index (κ3) is 5.59. The molecule has 0 aliphatic carbocycles. The topological polar surface area (TPSA) is 64.6 Å². The minimum Gasteiger partial charge on any atom is -0.494 e. The number of halogens is 1. The van der Waals surface area contributed by atoms with Crippen LogP contribution in [-0.4, -0.2) is 25.1 Å². The highest BCUT2D eigenvalue weighted by Gasteiger charge is 2.10. The Labute approximate surface area is 145 Å². The Morgan fingerprint density at radius 1 is 1.12 bits per heavy atom. The molecule has 0 aliphatic heterocycles. The van der Waals surface area contributed by atoms with Crippen molar-refractivity contribution in [2.75, 3.05) is 13.2 Å². The average Bonchev–Trinajstić information content (AvgIpc) is 2.59. The monoisotopic (exact) mass is 347 g/mol. The summed E-state index contributed by atoms with van der Waals surface area (Å²) in [6, 6.07) is 13.7. The Morgan fingerprint density at radius 2 is 1.88 bits per heavy atom. The Morgan fingerprint density at radius 3 is 2.54 bits per heavy atom. The molecule has 2 rings (SSSR count). The maximum atomic E-state index is 11.9. The largest absolute Gasteiger partial charge is 0.494 e. The second-order valence-corrected chi connectivity index (χ2v) is 5.38. The molecule has 6 heteroatoms. The first-order valence-electron chi connectivity index (χ1n) is 7.49. The normalized spacial score (nSPS) is 10.1. The van der Waals surface area contributed by atoms with E-state index >= 15 is 0 Å². The highest BCUT2D eigenvalue weighted by atomic mass is 35.5. The van der Waals surface area contributed by atoms with Gasteiger partial charge in [0.15, 0.2) is 6.61 Å². The average molecular weight is 348 g/mol. The Hall–Kier alpha value is -2.53. The number of carbonyl (C=O) groups excluding carboxylic acids is 2. The van der Waals surface area contributed by atoms with Gasteiger partial charge in [0.25, 0.3) is 5.91 Å². The van der Waals surface area contributed by atoms with E-state index in [1.807, 2.05) is 13.0 Å².